The molecule has 202 valence electrons. The van der Waals surface area contributed by atoms with Gasteiger partial charge in [0.1, 0.15) is 28.1 Å². The van der Waals surface area contributed by atoms with E-state index in [1.165, 1.54) is 4.68 Å². The van der Waals surface area contributed by atoms with E-state index in [2.05, 4.69) is 9.88 Å². The summed E-state index contributed by atoms with van der Waals surface area (Å²) >= 11 is 0. The minimum atomic E-state index is -0.630. The van der Waals surface area contributed by atoms with Gasteiger partial charge >= 0.3 is 6.09 Å². The van der Waals surface area contributed by atoms with Gasteiger partial charge in [-0.3, -0.25) is 9.78 Å². The van der Waals surface area contributed by atoms with Crippen LogP contribution < -0.4 is 15.4 Å². The molecule has 39 heavy (non-hydrogen) atoms. The SMILES string of the molecule is C[C@H]1CN(C(=O)OC(C)(C)C)CCN1c1ccnc2c(C(N)=O)n(-c3ccc(Oc4ccccc4)cc3)nc12. The third-order valence-corrected chi connectivity index (χ3v) is 6.42. The molecule has 0 bridgehead atoms. The number of primary amides is 1. The molecular formula is C29H32N6O4. The van der Waals surface area contributed by atoms with E-state index in [1.54, 1.807) is 11.1 Å². The summed E-state index contributed by atoms with van der Waals surface area (Å²) in [6, 6.07) is 18.6. The number of fused-ring (bicyclic) bond motifs is 1. The summed E-state index contributed by atoms with van der Waals surface area (Å²) in [5.74, 6) is 0.745. The molecule has 1 saturated heterocycles. The third kappa shape index (κ3) is 5.50. The highest BCUT2D eigenvalue weighted by Crippen LogP contribution is 2.31. The van der Waals surface area contributed by atoms with Gasteiger partial charge in [0, 0.05) is 31.9 Å². The fraction of sp³-hybridized carbons (Fsp3) is 0.310. The number of piperazine rings is 1. The average Bonchev–Trinajstić information content (AvgIpc) is 3.29. The topological polar surface area (TPSA) is 116 Å². The van der Waals surface area contributed by atoms with E-state index in [0.717, 1.165) is 11.4 Å². The lowest BCUT2D eigenvalue weighted by Gasteiger charge is -2.41. The van der Waals surface area contributed by atoms with E-state index < -0.39 is 11.5 Å². The van der Waals surface area contributed by atoms with Crippen LogP contribution in [-0.4, -0.2) is 62.9 Å². The molecule has 0 radical (unpaired) electrons. The van der Waals surface area contributed by atoms with Gasteiger partial charge in [0.05, 0.1) is 11.4 Å². The Balaban J connectivity index is 1.44. The molecule has 1 aliphatic heterocycles. The fourth-order valence-electron chi connectivity index (χ4n) is 4.69. The Labute approximate surface area is 226 Å². The van der Waals surface area contributed by atoms with Crippen LogP contribution in [-0.2, 0) is 4.74 Å². The summed E-state index contributed by atoms with van der Waals surface area (Å²) in [6.07, 6.45) is 1.33. The Morgan fingerprint density at radius 2 is 1.64 bits per heavy atom. The maximum absolute atomic E-state index is 12.6. The van der Waals surface area contributed by atoms with E-state index in [4.69, 9.17) is 20.3 Å². The molecule has 10 heteroatoms. The highest BCUT2D eigenvalue weighted by molar-refractivity contribution is 6.06. The van der Waals surface area contributed by atoms with Crippen molar-refractivity contribution in [2.45, 2.75) is 39.3 Å². The van der Waals surface area contributed by atoms with Gasteiger partial charge < -0.3 is 25.0 Å². The lowest BCUT2D eigenvalue weighted by molar-refractivity contribution is 0.0219. The number of nitrogens with two attached hydrogens (primary N) is 1. The normalized spacial score (nSPS) is 15.8. The summed E-state index contributed by atoms with van der Waals surface area (Å²) in [6.45, 7) is 9.17. The summed E-state index contributed by atoms with van der Waals surface area (Å²) in [5.41, 5.74) is 7.91. The van der Waals surface area contributed by atoms with E-state index >= 15 is 0 Å². The molecule has 1 fully saturated rings. The Kier molecular flexibility index (Phi) is 6.86. The fourth-order valence-corrected chi connectivity index (χ4v) is 4.69. The van der Waals surface area contributed by atoms with Crippen LogP contribution in [0, 0.1) is 0 Å². The number of pyridine rings is 1. The maximum Gasteiger partial charge on any atom is 0.410 e. The zero-order chi connectivity index (χ0) is 27.7. The molecule has 1 atom stereocenters. The van der Waals surface area contributed by atoms with Gasteiger partial charge in [-0.15, -0.1) is 0 Å². The van der Waals surface area contributed by atoms with Crippen molar-refractivity contribution >= 4 is 28.7 Å². The van der Waals surface area contributed by atoms with Gasteiger partial charge in [-0.05, 0) is 70.2 Å². The Hall–Kier alpha value is -4.60. The minimum Gasteiger partial charge on any atom is -0.457 e. The quantitative estimate of drug-likeness (QED) is 0.397. The first-order valence-electron chi connectivity index (χ1n) is 12.9. The van der Waals surface area contributed by atoms with Crippen LogP contribution in [0.4, 0.5) is 10.5 Å². The summed E-state index contributed by atoms with van der Waals surface area (Å²) in [5, 5.41) is 4.80. The van der Waals surface area contributed by atoms with Gasteiger partial charge in [0.15, 0.2) is 5.69 Å². The molecule has 2 aromatic carbocycles. The van der Waals surface area contributed by atoms with Crippen LogP contribution >= 0.6 is 0 Å². The Bertz CT molecular complexity index is 1490. The molecule has 2 N–H and O–H groups in total. The maximum atomic E-state index is 12.6. The van der Waals surface area contributed by atoms with Crippen molar-refractivity contribution < 1.29 is 19.1 Å². The largest absolute Gasteiger partial charge is 0.457 e. The van der Waals surface area contributed by atoms with Crippen LogP contribution in [0.1, 0.15) is 38.2 Å². The molecule has 0 spiro atoms. The summed E-state index contributed by atoms with van der Waals surface area (Å²) in [4.78, 5) is 33.6. The number of benzene rings is 2. The van der Waals surface area contributed by atoms with Crippen molar-refractivity contribution in [3.05, 3.63) is 72.6 Å². The van der Waals surface area contributed by atoms with E-state index in [9.17, 15) is 9.59 Å². The molecule has 3 heterocycles. The summed E-state index contributed by atoms with van der Waals surface area (Å²) in [7, 11) is 0. The van der Waals surface area contributed by atoms with Crippen LogP contribution in [0.15, 0.2) is 66.9 Å². The standard InChI is InChI=1S/C29H32N6O4/c1-19-18-33(28(37)39-29(2,3)4)16-17-34(19)23-14-15-31-25-24(23)32-35(26(25)27(30)36)20-10-12-22(13-11-20)38-21-8-6-5-7-9-21/h5-15,19H,16-18H2,1-4H3,(H2,30,36)/t19-/m0/s1. The predicted molar refractivity (Wildman–Crippen MR) is 149 cm³/mol. The number of amides is 2. The van der Waals surface area contributed by atoms with Crippen molar-refractivity contribution in [1.82, 2.24) is 19.7 Å². The molecule has 2 amide bonds. The van der Waals surface area contributed by atoms with Crippen LogP contribution in [0.5, 0.6) is 11.5 Å². The van der Waals surface area contributed by atoms with Gasteiger partial charge in [-0.25, -0.2) is 9.48 Å². The van der Waals surface area contributed by atoms with Gasteiger partial charge in [-0.2, -0.15) is 5.10 Å². The number of para-hydroxylation sites is 1. The Morgan fingerprint density at radius 1 is 0.949 bits per heavy atom. The average molecular weight is 529 g/mol. The Morgan fingerprint density at radius 3 is 2.28 bits per heavy atom. The van der Waals surface area contributed by atoms with Crippen LogP contribution in [0.3, 0.4) is 0 Å². The first kappa shape index (κ1) is 26.0. The number of rotatable bonds is 5. The van der Waals surface area contributed by atoms with Crippen LogP contribution in [0.2, 0.25) is 0 Å². The van der Waals surface area contributed by atoms with Crippen LogP contribution in [0.25, 0.3) is 16.7 Å². The third-order valence-electron chi connectivity index (χ3n) is 6.42. The van der Waals surface area contributed by atoms with Crippen molar-refractivity contribution in [1.29, 1.82) is 0 Å². The zero-order valence-electron chi connectivity index (χ0n) is 22.5. The number of nitrogens with zero attached hydrogens (tertiary/aromatic N) is 5. The highest BCUT2D eigenvalue weighted by Gasteiger charge is 2.32. The molecule has 2 aromatic heterocycles. The molecule has 5 rings (SSSR count). The van der Waals surface area contributed by atoms with Crippen molar-refractivity contribution in [2.24, 2.45) is 5.73 Å². The lowest BCUT2D eigenvalue weighted by Crippen LogP contribution is -2.54. The predicted octanol–water partition coefficient (Wildman–Crippen LogP) is 4.76. The molecule has 0 saturated carbocycles. The molecule has 0 unspecified atom stereocenters. The van der Waals surface area contributed by atoms with E-state index in [1.807, 2.05) is 88.4 Å². The molecular weight excluding hydrogens is 496 g/mol. The lowest BCUT2D eigenvalue weighted by atomic mass is 10.1. The number of carbonyl (C=O) groups is 2. The number of ether oxygens (including phenoxy) is 2. The second-order valence-electron chi connectivity index (χ2n) is 10.5. The number of aromatic nitrogens is 3. The second-order valence-corrected chi connectivity index (χ2v) is 10.5. The van der Waals surface area contributed by atoms with Gasteiger partial charge in [0.25, 0.3) is 5.91 Å². The van der Waals surface area contributed by atoms with E-state index in [-0.39, 0.29) is 17.8 Å². The molecule has 0 aliphatic carbocycles. The number of anilines is 1. The van der Waals surface area contributed by atoms with Gasteiger partial charge in [0.2, 0.25) is 0 Å². The summed E-state index contributed by atoms with van der Waals surface area (Å²) < 4.78 is 13.0. The minimum absolute atomic E-state index is 0.0199. The highest BCUT2D eigenvalue weighted by atomic mass is 16.6. The molecule has 4 aromatic rings. The number of hydrogen-bond acceptors (Lipinski definition) is 7. The smallest absolute Gasteiger partial charge is 0.410 e. The van der Waals surface area contributed by atoms with Crippen molar-refractivity contribution in [3.63, 3.8) is 0 Å². The first-order chi connectivity index (χ1) is 18.6. The van der Waals surface area contributed by atoms with E-state index in [0.29, 0.717) is 42.1 Å². The molecule has 1 aliphatic rings. The zero-order valence-corrected chi connectivity index (χ0v) is 22.5. The second kappa shape index (κ2) is 10.3. The van der Waals surface area contributed by atoms with Crippen molar-refractivity contribution in [3.8, 4) is 17.2 Å². The first-order valence-corrected chi connectivity index (χ1v) is 12.9. The molecule has 10 nitrogen and oxygen atoms in total. The monoisotopic (exact) mass is 528 g/mol. The number of carbonyl (C=O) groups excluding carboxylic acids is 2. The van der Waals surface area contributed by atoms with Gasteiger partial charge in [-0.1, -0.05) is 18.2 Å². The number of hydrogen-bond donors (Lipinski definition) is 1. The van der Waals surface area contributed by atoms with Crippen molar-refractivity contribution in [2.75, 3.05) is 24.5 Å².